The maximum Gasteiger partial charge on any atom is 0.246 e. The average molecular weight is 378 g/mol. The van der Waals surface area contributed by atoms with Crippen LogP contribution in [0.25, 0.3) is 0 Å². The van der Waals surface area contributed by atoms with Gasteiger partial charge in [-0.25, -0.2) is 17.2 Å². The first-order chi connectivity index (χ1) is 8.32. The molecule has 0 aromatic heterocycles. The number of nitrogens with zero attached hydrogens (tertiary/aromatic N) is 1. The van der Waals surface area contributed by atoms with Gasteiger partial charge >= 0.3 is 0 Å². The van der Waals surface area contributed by atoms with Crippen LogP contribution in [0.1, 0.15) is 6.42 Å². The molecule has 9 heteroatoms. The SMILES string of the molecule is Cl.N[C@@H]1CCN(S(=O)(=O)c2cc(Br)c(F)cc2F)C1. The smallest absolute Gasteiger partial charge is 0.246 e. The number of nitrogens with two attached hydrogens (primary N) is 1. The van der Waals surface area contributed by atoms with Crippen molar-refractivity contribution >= 4 is 38.4 Å². The first-order valence-electron chi connectivity index (χ1n) is 5.22. The van der Waals surface area contributed by atoms with Crippen molar-refractivity contribution in [1.82, 2.24) is 4.31 Å². The Balaban J connectivity index is 0.00000180. The lowest BCUT2D eigenvalue weighted by atomic mass is 10.3. The molecule has 4 nitrogen and oxygen atoms in total. The molecule has 19 heavy (non-hydrogen) atoms. The lowest BCUT2D eigenvalue weighted by Crippen LogP contribution is -2.32. The van der Waals surface area contributed by atoms with E-state index in [1.807, 2.05) is 0 Å². The number of hydrogen-bond acceptors (Lipinski definition) is 3. The predicted molar refractivity (Wildman–Crippen MR) is 72.7 cm³/mol. The molecule has 0 bridgehead atoms. The van der Waals surface area contributed by atoms with Gasteiger partial charge in [0.15, 0.2) is 0 Å². The Bertz CT molecular complexity index is 585. The van der Waals surface area contributed by atoms with Crippen molar-refractivity contribution in [3.8, 4) is 0 Å². The molecule has 0 spiro atoms. The van der Waals surface area contributed by atoms with Crippen molar-refractivity contribution in [2.45, 2.75) is 17.4 Å². The minimum absolute atomic E-state index is 0. The van der Waals surface area contributed by atoms with Crippen LogP contribution in [0.2, 0.25) is 0 Å². The van der Waals surface area contributed by atoms with Crippen LogP contribution in [-0.4, -0.2) is 31.9 Å². The van der Waals surface area contributed by atoms with E-state index >= 15 is 0 Å². The number of hydrogen-bond donors (Lipinski definition) is 1. The van der Waals surface area contributed by atoms with Gasteiger partial charge < -0.3 is 5.73 Å². The number of benzene rings is 1. The summed E-state index contributed by atoms with van der Waals surface area (Å²) >= 11 is 2.84. The van der Waals surface area contributed by atoms with Gasteiger partial charge in [0.2, 0.25) is 10.0 Å². The second-order valence-electron chi connectivity index (χ2n) is 4.11. The molecule has 2 rings (SSSR count). The van der Waals surface area contributed by atoms with Crippen LogP contribution in [0.15, 0.2) is 21.5 Å². The summed E-state index contributed by atoms with van der Waals surface area (Å²) in [5.41, 5.74) is 5.62. The molecule has 1 heterocycles. The minimum atomic E-state index is -3.96. The molecule has 0 saturated carbocycles. The van der Waals surface area contributed by atoms with Crippen LogP contribution in [0, 0.1) is 11.6 Å². The first kappa shape index (κ1) is 16.8. The standard InChI is InChI=1S/C10H11BrF2N2O2S.ClH/c11-7-3-10(9(13)4-8(7)12)18(16,17)15-2-1-6(14)5-15;/h3-4,6H,1-2,5,14H2;1H/t6-;/m1./s1. The van der Waals surface area contributed by atoms with Gasteiger partial charge in [-0.05, 0) is 28.4 Å². The Hall–Kier alpha value is -0.280. The number of sulfonamides is 1. The van der Waals surface area contributed by atoms with Gasteiger partial charge in [0.05, 0.1) is 4.47 Å². The van der Waals surface area contributed by atoms with Crippen LogP contribution < -0.4 is 5.73 Å². The highest BCUT2D eigenvalue weighted by Crippen LogP contribution is 2.27. The maximum atomic E-state index is 13.6. The molecule has 108 valence electrons. The highest BCUT2D eigenvalue weighted by Gasteiger charge is 2.33. The van der Waals surface area contributed by atoms with Crippen molar-refractivity contribution in [2.75, 3.05) is 13.1 Å². The number of halogens is 4. The van der Waals surface area contributed by atoms with Crippen molar-refractivity contribution < 1.29 is 17.2 Å². The Labute approximate surface area is 124 Å². The molecule has 1 saturated heterocycles. The van der Waals surface area contributed by atoms with Gasteiger partial charge in [-0.3, -0.25) is 0 Å². The van der Waals surface area contributed by atoms with E-state index in [1.54, 1.807) is 0 Å². The van der Waals surface area contributed by atoms with E-state index in [0.29, 0.717) is 12.5 Å². The van der Waals surface area contributed by atoms with E-state index in [4.69, 9.17) is 5.73 Å². The fourth-order valence-corrected chi connectivity index (χ4v) is 3.89. The summed E-state index contributed by atoms with van der Waals surface area (Å²) in [5.74, 6) is -1.94. The normalized spacial score (nSPS) is 20.3. The molecule has 0 amide bonds. The molecule has 2 N–H and O–H groups in total. The molecule has 0 unspecified atom stereocenters. The Kier molecular flexibility index (Phi) is 5.30. The van der Waals surface area contributed by atoms with E-state index < -0.39 is 26.6 Å². The van der Waals surface area contributed by atoms with Crippen molar-refractivity contribution in [2.24, 2.45) is 5.73 Å². The Morgan fingerprint density at radius 3 is 2.47 bits per heavy atom. The molecule has 1 aromatic carbocycles. The molecule has 1 atom stereocenters. The summed E-state index contributed by atoms with van der Waals surface area (Å²) in [6.07, 6.45) is 0.531. The van der Waals surface area contributed by atoms with Gasteiger partial charge in [-0.15, -0.1) is 12.4 Å². The van der Waals surface area contributed by atoms with Gasteiger partial charge in [0.1, 0.15) is 16.5 Å². The second kappa shape index (κ2) is 6.01. The maximum absolute atomic E-state index is 13.6. The zero-order valence-corrected chi connectivity index (χ0v) is 12.9. The molecule has 1 aromatic rings. The Morgan fingerprint density at radius 2 is 1.95 bits per heavy atom. The fraction of sp³-hybridized carbons (Fsp3) is 0.400. The largest absolute Gasteiger partial charge is 0.326 e. The summed E-state index contributed by atoms with van der Waals surface area (Å²) < 4.78 is 52.0. The van der Waals surface area contributed by atoms with Gasteiger partial charge in [-0.2, -0.15) is 4.31 Å². The quantitative estimate of drug-likeness (QED) is 0.800. The molecule has 1 fully saturated rings. The monoisotopic (exact) mass is 376 g/mol. The van der Waals surface area contributed by atoms with E-state index in [0.717, 1.165) is 10.4 Å². The zero-order valence-electron chi connectivity index (χ0n) is 9.64. The van der Waals surface area contributed by atoms with Gasteiger partial charge in [0.25, 0.3) is 0 Å². The summed E-state index contributed by atoms with van der Waals surface area (Å²) in [7, 11) is -3.96. The second-order valence-corrected chi connectivity index (χ2v) is 6.87. The topological polar surface area (TPSA) is 63.4 Å². The summed E-state index contributed by atoms with van der Waals surface area (Å²) in [4.78, 5) is -0.537. The third-order valence-electron chi connectivity index (χ3n) is 2.78. The number of rotatable bonds is 2. The zero-order chi connectivity index (χ0) is 13.5. The lowest BCUT2D eigenvalue weighted by molar-refractivity contribution is 0.463. The van der Waals surface area contributed by atoms with Crippen molar-refractivity contribution in [1.29, 1.82) is 0 Å². The molecule has 1 aliphatic rings. The summed E-state index contributed by atoms with van der Waals surface area (Å²) in [6, 6.07) is 1.24. The highest BCUT2D eigenvalue weighted by molar-refractivity contribution is 9.10. The van der Waals surface area contributed by atoms with Crippen LogP contribution in [0.5, 0.6) is 0 Å². The third-order valence-corrected chi connectivity index (χ3v) is 5.27. The highest BCUT2D eigenvalue weighted by atomic mass is 79.9. The van der Waals surface area contributed by atoms with E-state index in [2.05, 4.69) is 15.9 Å². The Morgan fingerprint density at radius 1 is 1.32 bits per heavy atom. The van der Waals surface area contributed by atoms with Crippen LogP contribution >= 0.6 is 28.3 Å². The van der Waals surface area contributed by atoms with Crippen molar-refractivity contribution in [3.63, 3.8) is 0 Å². The molecule has 1 aliphatic heterocycles. The average Bonchev–Trinajstić information content (AvgIpc) is 2.70. The van der Waals surface area contributed by atoms with Gasteiger partial charge in [-0.1, -0.05) is 0 Å². The molecular weight excluding hydrogens is 366 g/mol. The summed E-state index contributed by atoms with van der Waals surface area (Å²) in [6.45, 7) is 0.398. The van der Waals surface area contributed by atoms with E-state index in [9.17, 15) is 17.2 Å². The van der Waals surface area contributed by atoms with E-state index in [-0.39, 0.29) is 36.0 Å². The van der Waals surface area contributed by atoms with Crippen molar-refractivity contribution in [3.05, 3.63) is 28.2 Å². The first-order valence-corrected chi connectivity index (χ1v) is 7.46. The summed E-state index contributed by atoms with van der Waals surface area (Å²) in [5, 5.41) is 0. The molecular formula is C10H12BrClF2N2O2S. The molecule has 0 aliphatic carbocycles. The van der Waals surface area contributed by atoms with Crippen LogP contribution in [0.4, 0.5) is 8.78 Å². The van der Waals surface area contributed by atoms with Gasteiger partial charge in [0, 0.05) is 25.2 Å². The van der Waals surface area contributed by atoms with Crippen LogP contribution in [0.3, 0.4) is 0 Å². The van der Waals surface area contributed by atoms with E-state index in [1.165, 1.54) is 0 Å². The molecule has 0 radical (unpaired) electrons. The fourth-order valence-electron chi connectivity index (χ4n) is 1.81. The third kappa shape index (κ3) is 3.25. The lowest BCUT2D eigenvalue weighted by Gasteiger charge is -2.16. The minimum Gasteiger partial charge on any atom is -0.326 e. The van der Waals surface area contributed by atoms with Crippen LogP contribution in [-0.2, 0) is 10.0 Å². The predicted octanol–water partition coefficient (Wildman–Crippen LogP) is 1.87.